The van der Waals surface area contributed by atoms with Gasteiger partial charge in [-0.25, -0.2) is 0 Å². The van der Waals surface area contributed by atoms with E-state index in [1.54, 1.807) is 0 Å². The number of hydrogen-bond donors (Lipinski definition) is 0. The zero-order valence-electron chi connectivity index (χ0n) is 9.68. The van der Waals surface area contributed by atoms with Gasteiger partial charge in [-0.05, 0) is 19.3 Å². The monoisotopic (exact) mass is 185 g/mol. The van der Waals surface area contributed by atoms with Gasteiger partial charge >= 0.3 is 0 Å². The van der Waals surface area contributed by atoms with Crippen LogP contribution in [0.5, 0.6) is 0 Å². The largest absolute Gasteiger partial charge is 0.379 e. The third-order valence-corrected chi connectivity index (χ3v) is 3.64. The first-order valence-electron chi connectivity index (χ1n) is 5.18. The zero-order chi connectivity index (χ0) is 10.1. The maximum absolute atomic E-state index is 5.37. The molecule has 1 rings (SSSR count). The Balaban J connectivity index is 2.67. The summed E-state index contributed by atoms with van der Waals surface area (Å²) in [4.78, 5) is 2.54. The Hall–Kier alpha value is -0.0800. The first-order valence-corrected chi connectivity index (χ1v) is 5.18. The predicted octanol–water partition coefficient (Wildman–Crippen LogP) is 2.14. The lowest BCUT2D eigenvalue weighted by Gasteiger charge is -2.49. The van der Waals surface area contributed by atoms with Crippen LogP contribution >= 0.6 is 0 Å². The molecule has 0 aromatic heterocycles. The van der Waals surface area contributed by atoms with Crippen LogP contribution in [0, 0.1) is 5.41 Å². The Bertz CT molecular complexity index is 163. The van der Waals surface area contributed by atoms with E-state index < -0.39 is 0 Å². The van der Waals surface area contributed by atoms with E-state index in [9.17, 15) is 0 Å². The van der Waals surface area contributed by atoms with E-state index >= 15 is 0 Å². The maximum atomic E-state index is 5.37. The third kappa shape index (κ3) is 2.23. The Morgan fingerprint density at radius 2 is 1.38 bits per heavy atom. The van der Waals surface area contributed by atoms with E-state index in [0.717, 1.165) is 26.3 Å². The van der Waals surface area contributed by atoms with Crippen molar-refractivity contribution in [1.29, 1.82) is 0 Å². The molecule has 0 saturated carbocycles. The van der Waals surface area contributed by atoms with Crippen LogP contribution in [-0.2, 0) is 4.74 Å². The highest BCUT2D eigenvalue weighted by molar-refractivity contribution is 4.93. The van der Waals surface area contributed by atoms with Gasteiger partial charge in [-0.2, -0.15) is 0 Å². The van der Waals surface area contributed by atoms with Gasteiger partial charge in [0.1, 0.15) is 0 Å². The highest BCUT2D eigenvalue weighted by Gasteiger charge is 2.38. The molecule has 0 radical (unpaired) electrons. The molecule has 0 unspecified atom stereocenters. The highest BCUT2D eigenvalue weighted by Crippen LogP contribution is 2.35. The van der Waals surface area contributed by atoms with Crippen LogP contribution in [0.4, 0.5) is 0 Å². The number of morpholine rings is 1. The van der Waals surface area contributed by atoms with Gasteiger partial charge in [-0.1, -0.05) is 20.8 Å². The molecule has 1 heterocycles. The normalized spacial score (nSPS) is 21.9. The van der Waals surface area contributed by atoms with E-state index in [4.69, 9.17) is 4.74 Å². The first kappa shape index (κ1) is 11.0. The Morgan fingerprint density at radius 1 is 0.923 bits per heavy atom. The standard InChI is InChI=1S/C11H23NO/c1-10(2,3)11(4,5)12-6-8-13-9-7-12/h6-9H2,1-5H3. The molecule has 2 nitrogen and oxygen atoms in total. The van der Waals surface area contributed by atoms with Gasteiger partial charge in [0.05, 0.1) is 13.2 Å². The summed E-state index contributed by atoms with van der Waals surface area (Å²) in [6.07, 6.45) is 0. The first-order chi connectivity index (χ1) is 5.86. The molecule has 1 aliphatic rings. The van der Waals surface area contributed by atoms with E-state index in [-0.39, 0.29) is 5.54 Å². The van der Waals surface area contributed by atoms with Crippen molar-refractivity contribution in [2.24, 2.45) is 5.41 Å². The maximum Gasteiger partial charge on any atom is 0.0594 e. The SMILES string of the molecule is CC(C)(C)C(C)(C)N1CCOCC1. The molecule has 1 saturated heterocycles. The Kier molecular flexibility index (Phi) is 3.03. The average Bonchev–Trinajstić information content (AvgIpc) is 2.04. The molecule has 0 aromatic rings. The van der Waals surface area contributed by atoms with Crippen molar-refractivity contribution < 1.29 is 4.74 Å². The topological polar surface area (TPSA) is 12.5 Å². The molecule has 13 heavy (non-hydrogen) atoms. The molecular weight excluding hydrogens is 162 g/mol. The number of hydrogen-bond acceptors (Lipinski definition) is 2. The molecule has 1 fully saturated rings. The molecule has 0 aromatic carbocycles. The third-order valence-electron chi connectivity index (χ3n) is 3.64. The van der Waals surface area contributed by atoms with Gasteiger partial charge in [0.25, 0.3) is 0 Å². The molecule has 0 atom stereocenters. The predicted molar refractivity (Wildman–Crippen MR) is 55.9 cm³/mol. The van der Waals surface area contributed by atoms with Crippen LogP contribution < -0.4 is 0 Å². The highest BCUT2D eigenvalue weighted by atomic mass is 16.5. The summed E-state index contributed by atoms with van der Waals surface area (Å²) >= 11 is 0. The number of nitrogens with zero attached hydrogens (tertiary/aromatic N) is 1. The molecule has 0 bridgehead atoms. The Labute approximate surface area is 82.3 Å². The number of ether oxygens (including phenoxy) is 1. The molecule has 2 heteroatoms. The molecule has 0 spiro atoms. The van der Waals surface area contributed by atoms with Crippen molar-refractivity contribution >= 4 is 0 Å². The van der Waals surface area contributed by atoms with E-state index in [2.05, 4.69) is 39.5 Å². The lowest BCUT2D eigenvalue weighted by atomic mass is 9.75. The minimum atomic E-state index is 0.261. The minimum Gasteiger partial charge on any atom is -0.379 e. The van der Waals surface area contributed by atoms with Gasteiger partial charge in [0.15, 0.2) is 0 Å². The van der Waals surface area contributed by atoms with Crippen molar-refractivity contribution in [2.75, 3.05) is 26.3 Å². The molecule has 0 aliphatic carbocycles. The van der Waals surface area contributed by atoms with Crippen LogP contribution in [-0.4, -0.2) is 36.7 Å². The van der Waals surface area contributed by atoms with Gasteiger partial charge < -0.3 is 4.74 Å². The lowest BCUT2D eigenvalue weighted by Crippen LogP contribution is -2.56. The van der Waals surface area contributed by atoms with Crippen molar-refractivity contribution in [3.05, 3.63) is 0 Å². The van der Waals surface area contributed by atoms with Gasteiger partial charge in [0.2, 0.25) is 0 Å². The summed E-state index contributed by atoms with van der Waals surface area (Å²) in [7, 11) is 0. The summed E-state index contributed by atoms with van der Waals surface area (Å²) in [5, 5.41) is 0. The zero-order valence-corrected chi connectivity index (χ0v) is 9.68. The minimum absolute atomic E-state index is 0.261. The molecule has 0 amide bonds. The number of rotatable bonds is 1. The molecular formula is C11H23NO. The quantitative estimate of drug-likeness (QED) is 0.620. The summed E-state index contributed by atoms with van der Waals surface area (Å²) in [5.74, 6) is 0. The van der Waals surface area contributed by atoms with Crippen LogP contribution in [0.15, 0.2) is 0 Å². The van der Waals surface area contributed by atoms with E-state index in [1.807, 2.05) is 0 Å². The molecule has 1 aliphatic heterocycles. The van der Waals surface area contributed by atoms with Crippen LogP contribution in [0.2, 0.25) is 0 Å². The van der Waals surface area contributed by atoms with Gasteiger partial charge in [-0.15, -0.1) is 0 Å². The Morgan fingerprint density at radius 3 is 1.77 bits per heavy atom. The van der Waals surface area contributed by atoms with Gasteiger partial charge in [-0.3, -0.25) is 4.90 Å². The fourth-order valence-corrected chi connectivity index (χ4v) is 1.60. The summed E-state index contributed by atoms with van der Waals surface area (Å²) in [6, 6.07) is 0. The molecule has 0 N–H and O–H groups in total. The van der Waals surface area contributed by atoms with Crippen LogP contribution in [0.25, 0.3) is 0 Å². The van der Waals surface area contributed by atoms with E-state index in [0.29, 0.717) is 5.41 Å². The summed E-state index contributed by atoms with van der Waals surface area (Å²) in [6.45, 7) is 15.5. The smallest absolute Gasteiger partial charge is 0.0594 e. The van der Waals surface area contributed by atoms with Crippen molar-refractivity contribution in [3.63, 3.8) is 0 Å². The lowest BCUT2D eigenvalue weighted by molar-refractivity contribution is -0.0505. The van der Waals surface area contributed by atoms with Crippen LogP contribution in [0.3, 0.4) is 0 Å². The second kappa shape index (κ2) is 3.58. The van der Waals surface area contributed by atoms with Gasteiger partial charge in [0, 0.05) is 18.6 Å². The summed E-state index contributed by atoms with van der Waals surface area (Å²) in [5.41, 5.74) is 0.584. The second-order valence-electron chi connectivity index (χ2n) is 5.41. The summed E-state index contributed by atoms with van der Waals surface area (Å²) < 4.78 is 5.37. The molecule has 78 valence electrons. The van der Waals surface area contributed by atoms with E-state index in [1.165, 1.54) is 0 Å². The van der Waals surface area contributed by atoms with Crippen molar-refractivity contribution in [3.8, 4) is 0 Å². The van der Waals surface area contributed by atoms with Crippen molar-refractivity contribution in [1.82, 2.24) is 4.90 Å². The average molecular weight is 185 g/mol. The fraction of sp³-hybridized carbons (Fsp3) is 1.00. The van der Waals surface area contributed by atoms with Crippen LogP contribution in [0.1, 0.15) is 34.6 Å². The second-order valence-corrected chi connectivity index (χ2v) is 5.41. The van der Waals surface area contributed by atoms with Crippen molar-refractivity contribution in [2.45, 2.75) is 40.2 Å². The fourth-order valence-electron chi connectivity index (χ4n) is 1.60.